The molecule has 0 saturated carbocycles. The molecule has 0 fully saturated rings. The lowest BCUT2D eigenvalue weighted by atomic mass is 10.2. The predicted molar refractivity (Wildman–Crippen MR) is 50.5 cm³/mol. The standard InChI is InChI=1S/C9H6ClFN2/c10-7-5-9(13)8(11)4-6(7)2-1-3-12/h1-2,4-5H,13H2. The van der Waals surface area contributed by atoms with Crippen LogP contribution in [0.25, 0.3) is 6.08 Å². The normalized spacial score (nSPS) is 10.2. The van der Waals surface area contributed by atoms with E-state index in [2.05, 4.69) is 0 Å². The third-order valence-corrected chi connectivity index (χ3v) is 1.78. The third kappa shape index (κ3) is 2.20. The number of allylic oxidation sites excluding steroid dienone is 1. The number of hydrogen-bond acceptors (Lipinski definition) is 2. The molecule has 0 aliphatic rings. The summed E-state index contributed by atoms with van der Waals surface area (Å²) >= 11 is 5.73. The summed E-state index contributed by atoms with van der Waals surface area (Å²) in [5.74, 6) is -0.540. The van der Waals surface area contributed by atoms with Crippen molar-refractivity contribution in [1.82, 2.24) is 0 Å². The van der Waals surface area contributed by atoms with Gasteiger partial charge in [-0.3, -0.25) is 0 Å². The first-order valence-electron chi connectivity index (χ1n) is 3.46. The smallest absolute Gasteiger partial charge is 0.146 e. The lowest BCUT2D eigenvalue weighted by molar-refractivity contribution is 0.632. The van der Waals surface area contributed by atoms with Crippen LogP contribution >= 0.6 is 11.6 Å². The molecule has 13 heavy (non-hydrogen) atoms. The molecule has 4 heteroatoms. The number of anilines is 1. The Morgan fingerprint density at radius 2 is 2.23 bits per heavy atom. The van der Waals surface area contributed by atoms with Crippen LogP contribution in [0.5, 0.6) is 0 Å². The van der Waals surface area contributed by atoms with Gasteiger partial charge in [0.25, 0.3) is 0 Å². The number of nitriles is 1. The zero-order chi connectivity index (χ0) is 9.84. The topological polar surface area (TPSA) is 49.8 Å². The monoisotopic (exact) mass is 196 g/mol. The van der Waals surface area contributed by atoms with Crippen LogP contribution in [-0.2, 0) is 0 Å². The maximum atomic E-state index is 12.9. The molecular weight excluding hydrogens is 191 g/mol. The van der Waals surface area contributed by atoms with E-state index >= 15 is 0 Å². The molecule has 0 aliphatic carbocycles. The largest absolute Gasteiger partial charge is 0.396 e. The molecule has 0 saturated heterocycles. The zero-order valence-electron chi connectivity index (χ0n) is 6.59. The maximum Gasteiger partial charge on any atom is 0.146 e. The van der Waals surface area contributed by atoms with Crippen LogP contribution in [0.4, 0.5) is 10.1 Å². The van der Waals surface area contributed by atoms with Gasteiger partial charge in [0.05, 0.1) is 16.8 Å². The van der Waals surface area contributed by atoms with E-state index in [4.69, 9.17) is 22.6 Å². The Bertz CT molecular complexity index is 393. The van der Waals surface area contributed by atoms with Crippen LogP contribution < -0.4 is 5.73 Å². The van der Waals surface area contributed by atoms with Gasteiger partial charge in [-0.2, -0.15) is 5.26 Å². The average Bonchev–Trinajstić information content (AvgIpc) is 2.09. The molecule has 0 radical (unpaired) electrons. The number of rotatable bonds is 1. The summed E-state index contributed by atoms with van der Waals surface area (Å²) in [5.41, 5.74) is 5.71. The second-order valence-corrected chi connectivity index (χ2v) is 2.76. The number of benzene rings is 1. The third-order valence-electron chi connectivity index (χ3n) is 1.45. The number of hydrogen-bond donors (Lipinski definition) is 1. The Kier molecular flexibility index (Phi) is 2.88. The molecule has 0 spiro atoms. The Balaban J connectivity index is 3.17. The van der Waals surface area contributed by atoms with Crippen molar-refractivity contribution in [3.8, 4) is 6.07 Å². The van der Waals surface area contributed by atoms with Gasteiger partial charge in [-0.25, -0.2) is 4.39 Å². The van der Waals surface area contributed by atoms with Crippen molar-refractivity contribution < 1.29 is 4.39 Å². The molecule has 1 aromatic rings. The lowest BCUT2D eigenvalue weighted by Crippen LogP contribution is -1.91. The van der Waals surface area contributed by atoms with E-state index in [9.17, 15) is 4.39 Å². The molecule has 66 valence electrons. The van der Waals surface area contributed by atoms with Crippen LogP contribution in [0.2, 0.25) is 5.02 Å². The SMILES string of the molecule is N#CC=Cc1cc(F)c(N)cc1Cl. The molecule has 0 heterocycles. The summed E-state index contributed by atoms with van der Waals surface area (Å²) in [5, 5.41) is 8.57. The molecule has 0 aliphatic heterocycles. The lowest BCUT2D eigenvalue weighted by Gasteiger charge is -2.00. The Morgan fingerprint density at radius 1 is 1.54 bits per heavy atom. The minimum absolute atomic E-state index is 0.000826. The number of nitrogens with two attached hydrogens (primary N) is 1. The molecule has 0 aromatic heterocycles. The highest BCUT2D eigenvalue weighted by atomic mass is 35.5. The van der Waals surface area contributed by atoms with Crippen LogP contribution in [0.1, 0.15) is 5.56 Å². The molecule has 1 rings (SSSR count). The Morgan fingerprint density at radius 3 is 2.85 bits per heavy atom. The fourth-order valence-corrected chi connectivity index (χ4v) is 1.07. The second kappa shape index (κ2) is 3.92. The van der Waals surface area contributed by atoms with Gasteiger partial charge in [-0.05, 0) is 23.8 Å². The molecule has 2 N–H and O–H groups in total. The van der Waals surface area contributed by atoms with E-state index in [-0.39, 0.29) is 5.69 Å². The summed E-state index contributed by atoms with van der Waals surface area (Å²) < 4.78 is 12.9. The molecular formula is C9H6ClFN2. The van der Waals surface area contributed by atoms with Crippen molar-refractivity contribution >= 4 is 23.4 Å². The van der Waals surface area contributed by atoms with Crippen LogP contribution in [0.15, 0.2) is 18.2 Å². The molecule has 0 atom stereocenters. The molecule has 2 nitrogen and oxygen atoms in total. The molecule has 1 aromatic carbocycles. The van der Waals surface area contributed by atoms with Crippen molar-refractivity contribution in [3.63, 3.8) is 0 Å². The van der Waals surface area contributed by atoms with Crippen molar-refractivity contribution in [2.75, 3.05) is 5.73 Å². The number of nitrogens with zero attached hydrogens (tertiary/aromatic N) is 1. The average molecular weight is 197 g/mol. The van der Waals surface area contributed by atoms with E-state index in [1.807, 2.05) is 0 Å². The van der Waals surface area contributed by atoms with Crippen molar-refractivity contribution in [2.24, 2.45) is 0 Å². The van der Waals surface area contributed by atoms with Crippen LogP contribution in [0.3, 0.4) is 0 Å². The Hall–Kier alpha value is -1.53. The van der Waals surface area contributed by atoms with Gasteiger partial charge in [0.15, 0.2) is 0 Å². The highest BCUT2D eigenvalue weighted by molar-refractivity contribution is 6.32. The van der Waals surface area contributed by atoms with Crippen LogP contribution in [-0.4, -0.2) is 0 Å². The molecule has 0 bridgehead atoms. The molecule has 0 amide bonds. The second-order valence-electron chi connectivity index (χ2n) is 2.36. The van der Waals surface area contributed by atoms with Gasteiger partial charge >= 0.3 is 0 Å². The molecule has 0 unspecified atom stereocenters. The van der Waals surface area contributed by atoms with Gasteiger partial charge in [-0.15, -0.1) is 0 Å². The summed E-state index contributed by atoms with van der Waals surface area (Å²) in [6, 6.07) is 4.28. The van der Waals surface area contributed by atoms with Crippen molar-refractivity contribution in [1.29, 1.82) is 5.26 Å². The highest BCUT2D eigenvalue weighted by Gasteiger charge is 2.03. The Labute approximate surface area is 80.0 Å². The fourth-order valence-electron chi connectivity index (χ4n) is 0.832. The first-order chi connectivity index (χ1) is 6.15. The minimum atomic E-state index is -0.540. The van der Waals surface area contributed by atoms with E-state index in [1.165, 1.54) is 24.3 Å². The first kappa shape index (κ1) is 9.56. The summed E-state index contributed by atoms with van der Waals surface area (Å²) in [6.45, 7) is 0. The number of halogens is 2. The van der Waals surface area contributed by atoms with Gasteiger partial charge in [0.1, 0.15) is 5.82 Å². The predicted octanol–water partition coefficient (Wildman–Crippen LogP) is 2.60. The van der Waals surface area contributed by atoms with Gasteiger partial charge in [-0.1, -0.05) is 11.6 Å². The maximum absolute atomic E-state index is 12.9. The van der Waals surface area contributed by atoms with E-state index in [0.29, 0.717) is 10.6 Å². The van der Waals surface area contributed by atoms with Crippen LogP contribution in [0, 0.1) is 17.1 Å². The summed E-state index contributed by atoms with van der Waals surface area (Å²) in [4.78, 5) is 0. The summed E-state index contributed by atoms with van der Waals surface area (Å²) in [6.07, 6.45) is 2.64. The number of nitrogen functional groups attached to an aromatic ring is 1. The minimum Gasteiger partial charge on any atom is -0.396 e. The van der Waals surface area contributed by atoms with E-state index in [0.717, 1.165) is 0 Å². The fraction of sp³-hybridized carbons (Fsp3) is 0. The van der Waals surface area contributed by atoms with E-state index in [1.54, 1.807) is 6.07 Å². The van der Waals surface area contributed by atoms with Gasteiger partial charge < -0.3 is 5.73 Å². The zero-order valence-corrected chi connectivity index (χ0v) is 7.35. The van der Waals surface area contributed by atoms with Crippen molar-refractivity contribution in [3.05, 3.63) is 34.6 Å². The first-order valence-corrected chi connectivity index (χ1v) is 3.83. The van der Waals surface area contributed by atoms with Gasteiger partial charge in [0, 0.05) is 6.08 Å². The quantitative estimate of drug-likeness (QED) is 0.555. The summed E-state index contributed by atoms with van der Waals surface area (Å²) in [7, 11) is 0. The van der Waals surface area contributed by atoms with E-state index < -0.39 is 5.82 Å². The van der Waals surface area contributed by atoms with Crippen molar-refractivity contribution in [2.45, 2.75) is 0 Å². The van der Waals surface area contributed by atoms with Gasteiger partial charge in [0.2, 0.25) is 0 Å². The highest BCUT2D eigenvalue weighted by Crippen LogP contribution is 2.23.